The number of benzene rings is 1. The maximum absolute atomic E-state index is 14.6. The summed E-state index contributed by atoms with van der Waals surface area (Å²) in [7, 11) is 1.61. The molecule has 1 aliphatic heterocycles. The first-order valence-corrected chi connectivity index (χ1v) is 28.0. The normalized spacial score (nSPS) is 24.1. The van der Waals surface area contributed by atoms with Gasteiger partial charge in [-0.05, 0) is 117 Å². The van der Waals surface area contributed by atoms with Crippen molar-refractivity contribution in [3.8, 4) is 0 Å². The van der Waals surface area contributed by atoms with Gasteiger partial charge in [-0.3, -0.25) is 47.9 Å². The molecule has 79 heavy (non-hydrogen) atoms. The number of rotatable bonds is 27. The molecule has 22 heteroatoms. The van der Waals surface area contributed by atoms with Crippen LogP contribution >= 0.6 is 0 Å². The summed E-state index contributed by atoms with van der Waals surface area (Å²) in [5.74, 6) is -12.2. The predicted octanol–water partition coefficient (Wildman–Crippen LogP) is -0.0416. The third-order valence-corrected chi connectivity index (χ3v) is 14.8. The molecule has 13 atom stereocenters. The van der Waals surface area contributed by atoms with Crippen molar-refractivity contribution >= 4 is 58.5 Å². The second kappa shape index (κ2) is 35.9. The lowest BCUT2D eigenvalue weighted by Gasteiger charge is -2.29. The van der Waals surface area contributed by atoms with E-state index in [-0.39, 0.29) is 102 Å². The van der Waals surface area contributed by atoms with Crippen molar-refractivity contribution in [3.05, 3.63) is 48.0 Å². The zero-order valence-corrected chi connectivity index (χ0v) is 47.7. The molecule has 2 rings (SSSR count). The van der Waals surface area contributed by atoms with Crippen LogP contribution in [0.1, 0.15) is 124 Å². The largest absolute Gasteiger partial charge is 0.393 e. The van der Waals surface area contributed by atoms with E-state index in [1.807, 2.05) is 44.2 Å². The van der Waals surface area contributed by atoms with Crippen LogP contribution < -0.4 is 54.8 Å². The molecule has 5 amide bonds. The first-order chi connectivity index (χ1) is 37.3. The summed E-state index contributed by atoms with van der Waals surface area (Å²) in [6.07, 6.45) is -4.12. The molecule has 1 saturated heterocycles. The van der Waals surface area contributed by atoms with Crippen molar-refractivity contribution in [2.45, 2.75) is 167 Å². The summed E-state index contributed by atoms with van der Waals surface area (Å²) in [5.41, 5.74) is 24.9. The monoisotopic (exact) mass is 1110 g/mol. The lowest BCUT2D eigenvalue weighted by molar-refractivity contribution is -0.137. The molecule has 0 saturated carbocycles. The van der Waals surface area contributed by atoms with Gasteiger partial charge < -0.3 is 65.0 Å². The Morgan fingerprint density at radius 1 is 0.646 bits per heavy atom. The minimum Gasteiger partial charge on any atom is -0.393 e. The SMILES string of the molecule is C=C1C[C@H](Cc2ccccc2)C(=O)N[C@@H](CC(C)C)C(=O)N[C@@H](CCN)C(=O)N[C@@H](CCN)C(=O)C[C@@H]([C@@H](C)O)C(=O)NCC[C@H](CC(=O)C(C)CC(=O)[C@@H](CC(=O)[C@H](CCN)CC(=O)[C@H](C)NC)[C@@H](C)O)C(=O)N[C@H]1CCN. The van der Waals surface area contributed by atoms with E-state index in [9.17, 15) is 58.2 Å². The molecule has 0 bridgehead atoms. The highest BCUT2D eigenvalue weighted by molar-refractivity contribution is 5.97. The maximum atomic E-state index is 14.6. The van der Waals surface area contributed by atoms with Crippen molar-refractivity contribution in [3.63, 3.8) is 0 Å². The van der Waals surface area contributed by atoms with Gasteiger partial charge in [0.2, 0.25) is 29.5 Å². The summed E-state index contributed by atoms with van der Waals surface area (Å²) < 4.78 is 0. The number of likely N-dealkylation sites (N-methyl/N-ethyl adjacent to an activating group) is 1. The number of nitrogens with one attached hydrogen (secondary N) is 6. The lowest BCUT2D eigenvalue weighted by atomic mass is 9.81. The average Bonchev–Trinajstić information content (AvgIpc) is 3.39. The summed E-state index contributed by atoms with van der Waals surface area (Å²) in [6, 6.07) is 4.14. The smallest absolute Gasteiger partial charge is 0.243 e. The van der Waals surface area contributed by atoms with Crippen LogP contribution in [-0.2, 0) is 54.4 Å². The summed E-state index contributed by atoms with van der Waals surface area (Å²) in [4.78, 5) is 139. The first kappa shape index (κ1) is 69.5. The fourth-order valence-electron chi connectivity index (χ4n) is 9.68. The van der Waals surface area contributed by atoms with Crippen molar-refractivity contribution in [2.75, 3.05) is 39.8 Å². The Morgan fingerprint density at radius 3 is 1.77 bits per heavy atom. The highest BCUT2D eigenvalue weighted by atomic mass is 16.3. The van der Waals surface area contributed by atoms with Crippen LogP contribution in [0.3, 0.4) is 0 Å². The van der Waals surface area contributed by atoms with Crippen molar-refractivity contribution in [1.29, 1.82) is 0 Å². The van der Waals surface area contributed by atoms with Crippen LogP contribution in [-0.4, -0.2) is 151 Å². The van der Waals surface area contributed by atoms with Crippen molar-refractivity contribution < 1.29 is 58.2 Å². The molecule has 22 nitrogen and oxygen atoms in total. The molecule has 0 radical (unpaired) electrons. The standard InChI is InChI=1S/C57H94N10O12/c1-32(2)24-47-57(79)66-46(17-22-61)56(78)65-45(16-21-60)52(74)31-43(37(7)69)55(77)63-23-18-40(53(75)64-44(15-20-59)33(3)25-41(54(76)67-47)27-38-12-10-9-11-13-38)29-48(70)34(4)26-51(73)42(36(6)68)30-50(72)39(14-19-58)28-49(71)35(5)62-8/h9-13,32,34-37,39-47,62,68-69H,3,14-31,58-61H2,1-2,4-8H3,(H,63,77)(H,64,75)(H,65,78)(H,66,79)(H,67,76)/t34?,35-,36+,37+,39+,40+,41+,42-,43-,44-,45-,46-,47-/m0/s1. The second-order valence-electron chi connectivity index (χ2n) is 21.9. The van der Waals surface area contributed by atoms with E-state index < -0.39 is 156 Å². The van der Waals surface area contributed by atoms with E-state index in [1.165, 1.54) is 20.8 Å². The molecule has 1 aromatic carbocycles. The molecule has 1 fully saturated rings. The van der Waals surface area contributed by atoms with Gasteiger partial charge in [-0.1, -0.05) is 63.3 Å². The Bertz CT molecular complexity index is 2190. The highest BCUT2D eigenvalue weighted by Gasteiger charge is 2.37. The number of nitrogens with two attached hydrogens (primary N) is 4. The molecule has 1 unspecified atom stereocenters. The molecule has 16 N–H and O–H groups in total. The molecular weight excluding hydrogens is 1020 g/mol. The number of amides is 5. The lowest BCUT2D eigenvalue weighted by Crippen LogP contribution is -2.57. The minimum atomic E-state index is -1.38. The third kappa shape index (κ3) is 23.9. The quantitative estimate of drug-likeness (QED) is 0.0514. The number of carbonyl (C=O) groups excluding carboxylic acids is 10. The maximum Gasteiger partial charge on any atom is 0.243 e. The fraction of sp³-hybridized carbons (Fsp3) is 0.684. The third-order valence-electron chi connectivity index (χ3n) is 14.8. The molecule has 0 aromatic heterocycles. The Kier molecular flexibility index (Phi) is 31.6. The summed E-state index contributed by atoms with van der Waals surface area (Å²) in [5, 5.41) is 38.4. The zero-order chi connectivity index (χ0) is 59.5. The van der Waals surface area contributed by atoms with Gasteiger partial charge in [0.25, 0.3) is 0 Å². The number of aliphatic hydroxyl groups is 2. The topological polar surface area (TPSA) is 387 Å². The van der Waals surface area contributed by atoms with E-state index >= 15 is 0 Å². The number of carbonyl (C=O) groups is 10. The molecule has 0 aliphatic carbocycles. The van der Waals surface area contributed by atoms with Crippen LogP contribution in [0, 0.1) is 41.4 Å². The van der Waals surface area contributed by atoms with Crippen LogP contribution in [0.25, 0.3) is 0 Å². The van der Waals surface area contributed by atoms with E-state index in [4.69, 9.17) is 22.9 Å². The zero-order valence-electron chi connectivity index (χ0n) is 47.7. The molecule has 1 aromatic rings. The van der Waals surface area contributed by atoms with Crippen molar-refractivity contribution in [2.24, 2.45) is 64.4 Å². The molecule has 0 spiro atoms. The molecule has 1 heterocycles. The average molecular weight is 1110 g/mol. The molecule has 1 aliphatic rings. The molecule has 444 valence electrons. The second-order valence-corrected chi connectivity index (χ2v) is 21.9. The Labute approximate surface area is 466 Å². The van der Waals surface area contributed by atoms with Gasteiger partial charge in [0, 0.05) is 62.3 Å². The van der Waals surface area contributed by atoms with Crippen LogP contribution in [0.4, 0.5) is 0 Å². The van der Waals surface area contributed by atoms with E-state index in [2.05, 4.69) is 38.5 Å². The van der Waals surface area contributed by atoms with E-state index in [1.54, 1.807) is 14.0 Å². The van der Waals surface area contributed by atoms with Gasteiger partial charge in [-0.15, -0.1) is 0 Å². The summed E-state index contributed by atoms with van der Waals surface area (Å²) >= 11 is 0. The van der Waals surface area contributed by atoms with E-state index in [0.717, 1.165) is 5.56 Å². The number of hydrogen-bond acceptors (Lipinski definition) is 17. The number of ketones is 5. The Balaban J connectivity index is 2.67. The Morgan fingerprint density at radius 2 is 1.20 bits per heavy atom. The van der Waals surface area contributed by atoms with Gasteiger partial charge in [0.1, 0.15) is 35.2 Å². The number of aliphatic hydroxyl groups excluding tert-OH is 2. The number of Topliss-reactive ketones (excluding diaryl/α,β-unsaturated/α-hetero) is 5. The molecular formula is C57H94N10O12. The van der Waals surface area contributed by atoms with Gasteiger partial charge in [0.05, 0.1) is 42.2 Å². The van der Waals surface area contributed by atoms with Crippen LogP contribution in [0.2, 0.25) is 0 Å². The van der Waals surface area contributed by atoms with Gasteiger partial charge in [-0.25, -0.2) is 0 Å². The van der Waals surface area contributed by atoms with Gasteiger partial charge in [0.15, 0.2) is 5.78 Å². The predicted molar refractivity (Wildman–Crippen MR) is 300 cm³/mol. The summed E-state index contributed by atoms with van der Waals surface area (Å²) in [6.45, 7) is 13.7. The van der Waals surface area contributed by atoms with Crippen LogP contribution in [0.5, 0.6) is 0 Å². The van der Waals surface area contributed by atoms with Gasteiger partial charge >= 0.3 is 0 Å². The van der Waals surface area contributed by atoms with Gasteiger partial charge in [-0.2, -0.15) is 0 Å². The van der Waals surface area contributed by atoms with Crippen molar-refractivity contribution in [1.82, 2.24) is 31.9 Å². The number of hydrogen-bond donors (Lipinski definition) is 12. The highest BCUT2D eigenvalue weighted by Crippen LogP contribution is 2.26. The van der Waals surface area contributed by atoms with E-state index in [0.29, 0.717) is 5.57 Å². The minimum absolute atomic E-state index is 0.00127. The fourth-order valence-corrected chi connectivity index (χ4v) is 9.68. The van der Waals surface area contributed by atoms with Crippen LogP contribution in [0.15, 0.2) is 42.5 Å². The first-order valence-electron chi connectivity index (χ1n) is 28.0. The Hall–Kier alpha value is -5.62.